The molecule has 2 aromatic carbocycles. The Kier molecular flexibility index (Phi) is 3.17. The van der Waals surface area contributed by atoms with Gasteiger partial charge < -0.3 is 0 Å². The van der Waals surface area contributed by atoms with Crippen LogP contribution in [0, 0.1) is 0 Å². The molecule has 0 saturated heterocycles. The van der Waals surface area contributed by atoms with Crippen molar-refractivity contribution in [3.8, 4) is 11.6 Å². The highest BCUT2D eigenvalue weighted by molar-refractivity contribution is 6.30. The van der Waals surface area contributed by atoms with Crippen molar-refractivity contribution in [3.05, 3.63) is 76.6 Å². The fourth-order valence-electron chi connectivity index (χ4n) is 2.43. The van der Waals surface area contributed by atoms with Gasteiger partial charge in [-0.2, -0.15) is 9.78 Å². The smallest absolute Gasteiger partial charge is 0.267 e. The highest BCUT2D eigenvalue weighted by atomic mass is 35.5. The number of hydrogen-bond donors (Lipinski definition) is 0. The Bertz CT molecular complexity index is 1060. The number of fused-ring (bicyclic) bond motifs is 1. The van der Waals surface area contributed by atoms with E-state index in [4.69, 9.17) is 11.6 Å². The number of para-hydroxylation sites is 1. The summed E-state index contributed by atoms with van der Waals surface area (Å²) in [6, 6.07) is 14.2. The topological polar surface area (TPSA) is 65.6 Å². The Labute approximate surface area is 135 Å². The lowest BCUT2D eigenvalue weighted by Crippen LogP contribution is -2.24. The van der Waals surface area contributed by atoms with E-state index >= 15 is 0 Å². The third kappa shape index (κ3) is 2.29. The van der Waals surface area contributed by atoms with Crippen molar-refractivity contribution >= 4 is 22.5 Å². The van der Waals surface area contributed by atoms with E-state index in [1.165, 1.54) is 21.9 Å². The molecule has 0 amide bonds. The van der Waals surface area contributed by atoms with E-state index in [-0.39, 0.29) is 5.56 Å². The van der Waals surface area contributed by atoms with E-state index in [1.807, 2.05) is 12.1 Å². The van der Waals surface area contributed by atoms with Crippen LogP contribution in [-0.2, 0) is 0 Å². The summed E-state index contributed by atoms with van der Waals surface area (Å²) in [7, 11) is 0. The van der Waals surface area contributed by atoms with Crippen molar-refractivity contribution in [1.82, 2.24) is 24.3 Å². The van der Waals surface area contributed by atoms with Crippen LogP contribution in [0.25, 0.3) is 22.5 Å². The number of hydrogen-bond acceptors (Lipinski definition) is 4. The second kappa shape index (κ2) is 5.33. The van der Waals surface area contributed by atoms with E-state index in [9.17, 15) is 4.79 Å². The molecular weight excluding hydrogens is 314 g/mol. The van der Waals surface area contributed by atoms with Gasteiger partial charge in [-0.3, -0.25) is 4.79 Å². The molecule has 0 unspecified atom stereocenters. The number of nitrogens with zero attached hydrogens (tertiary/aromatic N) is 5. The van der Waals surface area contributed by atoms with Crippen LogP contribution in [0.3, 0.4) is 0 Å². The maximum atomic E-state index is 13.0. The van der Waals surface area contributed by atoms with Gasteiger partial charge in [0.05, 0.1) is 16.6 Å². The maximum Gasteiger partial charge on any atom is 0.267 e. The molecule has 4 rings (SSSR count). The zero-order valence-corrected chi connectivity index (χ0v) is 12.6. The second-order valence-electron chi connectivity index (χ2n) is 4.89. The lowest BCUT2D eigenvalue weighted by molar-refractivity contribution is 0.761. The highest BCUT2D eigenvalue weighted by Gasteiger charge is 2.14. The van der Waals surface area contributed by atoms with Crippen molar-refractivity contribution < 1.29 is 0 Å². The van der Waals surface area contributed by atoms with Crippen molar-refractivity contribution in [1.29, 1.82) is 0 Å². The first kappa shape index (κ1) is 13.7. The second-order valence-corrected chi connectivity index (χ2v) is 5.33. The lowest BCUT2D eigenvalue weighted by atomic mass is 10.2. The lowest BCUT2D eigenvalue weighted by Gasteiger charge is -2.13. The normalized spacial score (nSPS) is 11.0. The van der Waals surface area contributed by atoms with Gasteiger partial charge in [-0.25, -0.2) is 14.5 Å². The fourth-order valence-corrected chi connectivity index (χ4v) is 2.62. The first-order chi connectivity index (χ1) is 11.2. The van der Waals surface area contributed by atoms with Crippen LogP contribution in [0.1, 0.15) is 0 Å². The number of aromatic nitrogens is 5. The summed E-state index contributed by atoms with van der Waals surface area (Å²) in [6.45, 7) is 0. The summed E-state index contributed by atoms with van der Waals surface area (Å²) in [5.41, 5.74) is 1.02. The summed E-state index contributed by atoms with van der Waals surface area (Å²) in [6.07, 6.45) is 2.89. The van der Waals surface area contributed by atoms with E-state index in [0.29, 0.717) is 27.6 Å². The van der Waals surface area contributed by atoms with Crippen LogP contribution in [0.5, 0.6) is 0 Å². The molecule has 0 fully saturated rings. The zero-order chi connectivity index (χ0) is 15.8. The van der Waals surface area contributed by atoms with E-state index < -0.39 is 0 Å². The summed E-state index contributed by atoms with van der Waals surface area (Å²) < 4.78 is 2.93. The van der Waals surface area contributed by atoms with Gasteiger partial charge in [0.1, 0.15) is 12.7 Å². The predicted octanol–water partition coefficient (Wildman–Crippen LogP) is 2.62. The van der Waals surface area contributed by atoms with E-state index in [0.717, 1.165) is 0 Å². The molecule has 7 heteroatoms. The van der Waals surface area contributed by atoms with E-state index in [1.54, 1.807) is 36.4 Å². The average Bonchev–Trinajstić information content (AvgIpc) is 3.09. The van der Waals surface area contributed by atoms with Crippen LogP contribution in [0.15, 0.2) is 66.0 Å². The summed E-state index contributed by atoms with van der Waals surface area (Å²) in [4.78, 5) is 21.5. The molecule has 23 heavy (non-hydrogen) atoms. The van der Waals surface area contributed by atoms with Crippen LogP contribution in [-0.4, -0.2) is 24.3 Å². The summed E-state index contributed by atoms with van der Waals surface area (Å²) >= 11 is 6.07. The fraction of sp³-hybridized carbons (Fsp3) is 0. The monoisotopic (exact) mass is 323 g/mol. The number of benzene rings is 2. The Morgan fingerprint density at radius 1 is 1.04 bits per heavy atom. The molecule has 0 aliphatic carbocycles. The van der Waals surface area contributed by atoms with Gasteiger partial charge in [0.2, 0.25) is 5.95 Å². The van der Waals surface area contributed by atoms with Crippen molar-refractivity contribution in [2.75, 3.05) is 0 Å². The van der Waals surface area contributed by atoms with Crippen LogP contribution < -0.4 is 5.56 Å². The summed E-state index contributed by atoms with van der Waals surface area (Å²) in [5, 5.41) is 5.15. The Balaban J connectivity index is 2.14. The average molecular weight is 324 g/mol. The molecule has 0 N–H and O–H groups in total. The molecule has 2 heterocycles. The molecule has 4 aromatic rings. The van der Waals surface area contributed by atoms with Gasteiger partial charge in [-0.05, 0) is 30.3 Å². The van der Waals surface area contributed by atoms with Gasteiger partial charge in [0.25, 0.3) is 5.56 Å². The minimum absolute atomic E-state index is 0.191. The van der Waals surface area contributed by atoms with Crippen LogP contribution in [0.4, 0.5) is 0 Å². The molecule has 0 radical (unpaired) electrons. The molecule has 0 atom stereocenters. The van der Waals surface area contributed by atoms with Crippen LogP contribution >= 0.6 is 11.6 Å². The van der Waals surface area contributed by atoms with Crippen molar-refractivity contribution in [3.63, 3.8) is 0 Å². The van der Waals surface area contributed by atoms with E-state index in [2.05, 4.69) is 15.1 Å². The minimum atomic E-state index is -0.191. The molecule has 6 nitrogen and oxygen atoms in total. The molecule has 0 bridgehead atoms. The van der Waals surface area contributed by atoms with Crippen LogP contribution in [0.2, 0.25) is 5.02 Å². The molecule has 0 aliphatic rings. The Morgan fingerprint density at radius 2 is 1.91 bits per heavy atom. The van der Waals surface area contributed by atoms with Crippen molar-refractivity contribution in [2.24, 2.45) is 0 Å². The molecular formula is C16H10ClN5O. The third-order valence-corrected chi connectivity index (χ3v) is 3.68. The first-order valence-electron chi connectivity index (χ1n) is 6.87. The minimum Gasteiger partial charge on any atom is -0.268 e. The predicted molar refractivity (Wildman–Crippen MR) is 87.3 cm³/mol. The zero-order valence-electron chi connectivity index (χ0n) is 11.8. The molecule has 0 saturated carbocycles. The van der Waals surface area contributed by atoms with Gasteiger partial charge in [-0.15, -0.1) is 0 Å². The van der Waals surface area contributed by atoms with Gasteiger partial charge in [-0.1, -0.05) is 29.8 Å². The highest BCUT2D eigenvalue weighted by Crippen LogP contribution is 2.18. The Morgan fingerprint density at radius 3 is 2.70 bits per heavy atom. The first-order valence-corrected chi connectivity index (χ1v) is 7.24. The maximum absolute atomic E-state index is 13.0. The Hall–Kier alpha value is -2.99. The van der Waals surface area contributed by atoms with Gasteiger partial charge >= 0.3 is 0 Å². The van der Waals surface area contributed by atoms with Gasteiger partial charge in [0, 0.05) is 5.02 Å². The quantitative estimate of drug-likeness (QED) is 0.569. The molecule has 112 valence electrons. The van der Waals surface area contributed by atoms with Gasteiger partial charge in [0.15, 0.2) is 0 Å². The molecule has 0 aliphatic heterocycles. The standard InChI is InChI=1S/C16H10ClN5O/c17-11-4-3-5-12(8-11)22-15(23)13-6-1-2-7-14(13)20-16(22)21-10-18-9-19-21/h1-10H. The third-order valence-electron chi connectivity index (χ3n) is 3.45. The molecule has 2 aromatic heterocycles. The largest absolute Gasteiger partial charge is 0.268 e. The number of rotatable bonds is 2. The number of halogens is 1. The summed E-state index contributed by atoms with van der Waals surface area (Å²) in [5.74, 6) is 0.355. The van der Waals surface area contributed by atoms with Crippen molar-refractivity contribution in [2.45, 2.75) is 0 Å². The SMILES string of the molecule is O=c1c2ccccc2nc(-n2cncn2)n1-c1cccc(Cl)c1. The molecule has 0 spiro atoms.